The van der Waals surface area contributed by atoms with Crippen LogP contribution in [0.2, 0.25) is 0 Å². The molecule has 4 rings (SSSR count). The summed E-state index contributed by atoms with van der Waals surface area (Å²) < 4.78 is 1.97. The summed E-state index contributed by atoms with van der Waals surface area (Å²) in [5, 5.41) is 18.3. The summed E-state index contributed by atoms with van der Waals surface area (Å²) in [6.45, 7) is 2.04. The maximum atomic E-state index is 12.6. The van der Waals surface area contributed by atoms with Gasteiger partial charge in [0, 0.05) is 16.8 Å². The summed E-state index contributed by atoms with van der Waals surface area (Å²) in [6, 6.07) is 26.7. The smallest absolute Gasteiger partial charge is 0.196 e. The van der Waals surface area contributed by atoms with Gasteiger partial charge in [0.05, 0.1) is 17.4 Å². The molecule has 0 radical (unpaired) electrons. The van der Waals surface area contributed by atoms with Gasteiger partial charge >= 0.3 is 0 Å². The molecule has 30 heavy (non-hydrogen) atoms. The summed E-state index contributed by atoms with van der Waals surface area (Å²) in [4.78, 5) is 12.6. The van der Waals surface area contributed by atoms with Crippen LogP contribution in [0.15, 0.2) is 84.0 Å². The lowest BCUT2D eigenvalue weighted by molar-refractivity contribution is 0.102. The van der Waals surface area contributed by atoms with E-state index in [2.05, 4.69) is 16.3 Å². The first-order chi connectivity index (χ1) is 14.7. The van der Waals surface area contributed by atoms with Crippen LogP contribution in [0.25, 0.3) is 17.1 Å². The van der Waals surface area contributed by atoms with E-state index in [1.165, 1.54) is 17.3 Å². The van der Waals surface area contributed by atoms with Crippen LogP contribution in [0.1, 0.15) is 21.5 Å². The Morgan fingerprint density at radius 2 is 1.67 bits per heavy atom. The van der Waals surface area contributed by atoms with Crippen molar-refractivity contribution >= 4 is 17.5 Å². The molecule has 0 spiro atoms. The molecule has 1 heterocycles. The van der Waals surface area contributed by atoms with Crippen molar-refractivity contribution < 1.29 is 4.79 Å². The minimum absolute atomic E-state index is 0.0241. The Balaban J connectivity index is 1.63. The number of Topliss-reactive ketones (excluding diaryl/α,β-unsaturated/α-hetero) is 1. The predicted octanol–water partition coefficient (Wildman–Crippen LogP) is 5.09. The number of ketones is 1. The summed E-state index contributed by atoms with van der Waals surface area (Å²) >= 11 is 1.35. The van der Waals surface area contributed by atoms with Crippen LogP contribution in [0, 0.1) is 18.3 Å². The molecule has 0 atom stereocenters. The average Bonchev–Trinajstić information content (AvgIpc) is 3.22. The second-order valence-electron chi connectivity index (χ2n) is 6.74. The van der Waals surface area contributed by atoms with Crippen molar-refractivity contribution in [3.63, 3.8) is 0 Å². The second kappa shape index (κ2) is 8.76. The third-order valence-corrected chi connectivity index (χ3v) is 5.55. The number of nitriles is 1. The van der Waals surface area contributed by atoms with Crippen molar-refractivity contribution in [2.75, 3.05) is 5.75 Å². The van der Waals surface area contributed by atoms with Crippen molar-refractivity contribution in [1.29, 1.82) is 5.26 Å². The van der Waals surface area contributed by atoms with E-state index in [0.29, 0.717) is 16.3 Å². The van der Waals surface area contributed by atoms with E-state index in [4.69, 9.17) is 5.26 Å². The fourth-order valence-corrected chi connectivity index (χ4v) is 3.85. The summed E-state index contributed by atoms with van der Waals surface area (Å²) in [7, 11) is 0. The minimum atomic E-state index is -0.0241. The minimum Gasteiger partial charge on any atom is -0.293 e. The van der Waals surface area contributed by atoms with Gasteiger partial charge in [-0.05, 0) is 31.2 Å². The fourth-order valence-electron chi connectivity index (χ4n) is 3.01. The third-order valence-electron chi connectivity index (χ3n) is 4.63. The molecule has 0 saturated carbocycles. The molecule has 0 unspecified atom stereocenters. The number of carbonyl (C=O) groups excluding carboxylic acids is 1. The molecule has 146 valence electrons. The Morgan fingerprint density at radius 3 is 2.33 bits per heavy atom. The molecule has 0 saturated heterocycles. The van der Waals surface area contributed by atoms with E-state index in [9.17, 15) is 4.79 Å². The van der Waals surface area contributed by atoms with Crippen molar-refractivity contribution in [3.8, 4) is 23.1 Å². The molecule has 0 N–H and O–H groups in total. The van der Waals surface area contributed by atoms with Crippen molar-refractivity contribution in [1.82, 2.24) is 14.8 Å². The quantitative estimate of drug-likeness (QED) is 0.327. The second-order valence-corrected chi connectivity index (χ2v) is 7.69. The molecule has 0 aliphatic rings. The number of benzene rings is 3. The Morgan fingerprint density at radius 1 is 0.967 bits per heavy atom. The molecule has 0 aliphatic carbocycles. The summed E-state index contributed by atoms with van der Waals surface area (Å²) in [5.41, 5.74) is 4.18. The first-order valence-corrected chi connectivity index (χ1v) is 10.4. The number of hydrogen-bond donors (Lipinski definition) is 0. The molecule has 0 bridgehead atoms. The van der Waals surface area contributed by atoms with Crippen molar-refractivity contribution in [2.45, 2.75) is 12.1 Å². The standard InChI is InChI=1S/C24H18N4OS/c1-17-7-11-20(12-8-17)23-26-27-24(28(23)21-5-3-2-4-6-21)30-16-22(29)19-13-9-18(15-25)10-14-19/h2-14H,16H2,1H3. The molecule has 1 aromatic heterocycles. The van der Waals surface area contributed by atoms with Crippen molar-refractivity contribution in [2.24, 2.45) is 0 Å². The van der Waals surface area contributed by atoms with E-state index in [1.54, 1.807) is 24.3 Å². The van der Waals surface area contributed by atoms with Crippen LogP contribution < -0.4 is 0 Å². The molecule has 3 aromatic carbocycles. The fraction of sp³-hybridized carbons (Fsp3) is 0.0833. The predicted molar refractivity (Wildman–Crippen MR) is 118 cm³/mol. The van der Waals surface area contributed by atoms with Gasteiger partial charge in [-0.15, -0.1) is 10.2 Å². The number of nitrogens with zero attached hydrogens (tertiary/aromatic N) is 4. The summed E-state index contributed by atoms with van der Waals surface area (Å²) in [6.07, 6.45) is 0. The highest BCUT2D eigenvalue weighted by Gasteiger charge is 2.17. The lowest BCUT2D eigenvalue weighted by atomic mass is 10.1. The highest BCUT2D eigenvalue weighted by atomic mass is 32.2. The van der Waals surface area contributed by atoms with E-state index >= 15 is 0 Å². The Hall–Kier alpha value is -3.69. The van der Waals surface area contributed by atoms with Crippen LogP contribution in [0.3, 0.4) is 0 Å². The van der Waals surface area contributed by atoms with E-state index in [0.717, 1.165) is 17.1 Å². The van der Waals surface area contributed by atoms with Crippen LogP contribution in [-0.4, -0.2) is 26.3 Å². The van der Waals surface area contributed by atoms with Gasteiger partial charge in [-0.25, -0.2) is 0 Å². The number of para-hydroxylation sites is 1. The van der Waals surface area contributed by atoms with E-state index in [-0.39, 0.29) is 11.5 Å². The summed E-state index contributed by atoms with van der Waals surface area (Å²) in [5.74, 6) is 0.934. The highest BCUT2D eigenvalue weighted by molar-refractivity contribution is 7.99. The van der Waals surface area contributed by atoms with Gasteiger partial charge in [0.1, 0.15) is 0 Å². The number of aromatic nitrogens is 3. The zero-order chi connectivity index (χ0) is 20.9. The van der Waals surface area contributed by atoms with Gasteiger partial charge in [-0.2, -0.15) is 5.26 Å². The molecule has 4 aromatic rings. The molecule has 0 fully saturated rings. The topological polar surface area (TPSA) is 71.6 Å². The molecular weight excluding hydrogens is 392 g/mol. The van der Waals surface area contributed by atoms with Crippen LogP contribution in [-0.2, 0) is 0 Å². The first kappa shape index (κ1) is 19.6. The van der Waals surface area contributed by atoms with Gasteiger partial charge in [0.25, 0.3) is 0 Å². The van der Waals surface area contributed by atoms with E-state index < -0.39 is 0 Å². The zero-order valence-corrected chi connectivity index (χ0v) is 17.1. The maximum Gasteiger partial charge on any atom is 0.196 e. The molecule has 0 amide bonds. The average molecular weight is 411 g/mol. The van der Waals surface area contributed by atoms with Crippen LogP contribution in [0.5, 0.6) is 0 Å². The number of aryl methyl sites for hydroxylation is 1. The van der Waals surface area contributed by atoms with Gasteiger partial charge in [0.15, 0.2) is 16.8 Å². The zero-order valence-electron chi connectivity index (χ0n) is 16.3. The van der Waals surface area contributed by atoms with Crippen LogP contribution in [0.4, 0.5) is 0 Å². The number of thioether (sulfide) groups is 1. The third kappa shape index (κ3) is 4.17. The molecule has 6 heteroatoms. The molecule has 0 aliphatic heterocycles. The van der Waals surface area contributed by atoms with Crippen molar-refractivity contribution in [3.05, 3.63) is 95.6 Å². The molecule has 5 nitrogen and oxygen atoms in total. The first-order valence-electron chi connectivity index (χ1n) is 9.40. The Labute approximate surface area is 179 Å². The SMILES string of the molecule is Cc1ccc(-c2nnc(SCC(=O)c3ccc(C#N)cc3)n2-c2ccccc2)cc1. The van der Waals surface area contributed by atoms with Gasteiger partial charge < -0.3 is 0 Å². The highest BCUT2D eigenvalue weighted by Crippen LogP contribution is 2.28. The van der Waals surface area contributed by atoms with Gasteiger partial charge in [0.2, 0.25) is 0 Å². The van der Waals surface area contributed by atoms with Crippen LogP contribution >= 0.6 is 11.8 Å². The van der Waals surface area contributed by atoms with Gasteiger partial charge in [-0.3, -0.25) is 9.36 Å². The van der Waals surface area contributed by atoms with E-state index in [1.807, 2.05) is 66.1 Å². The largest absolute Gasteiger partial charge is 0.293 e. The lowest BCUT2D eigenvalue weighted by Crippen LogP contribution is -2.05. The Kier molecular flexibility index (Phi) is 5.73. The van der Waals surface area contributed by atoms with Gasteiger partial charge in [-0.1, -0.05) is 71.9 Å². The number of carbonyl (C=O) groups is 1. The lowest BCUT2D eigenvalue weighted by Gasteiger charge is -2.10. The number of hydrogen-bond acceptors (Lipinski definition) is 5. The molecular formula is C24H18N4OS. The monoisotopic (exact) mass is 410 g/mol. The number of rotatable bonds is 6. The maximum absolute atomic E-state index is 12.6. The normalized spacial score (nSPS) is 10.5. The Bertz CT molecular complexity index is 1210.